The molecule has 0 aliphatic carbocycles. The van der Waals surface area contributed by atoms with Gasteiger partial charge in [0, 0.05) is 0 Å². The van der Waals surface area contributed by atoms with Gasteiger partial charge in [0.25, 0.3) is 0 Å². The molecule has 0 unspecified atom stereocenters. The van der Waals surface area contributed by atoms with Crippen molar-refractivity contribution in [2.75, 3.05) is 53.5 Å². The van der Waals surface area contributed by atoms with E-state index in [-0.39, 0.29) is 0 Å². The van der Waals surface area contributed by atoms with Crippen LogP contribution in [-0.4, -0.2) is 53.5 Å². The number of ether oxygens (including phenoxy) is 2. The van der Waals surface area contributed by atoms with E-state index < -0.39 is 0 Å². The lowest BCUT2D eigenvalue weighted by molar-refractivity contribution is -1.00. The first-order valence-electron chi connectivity index (χ1n) is 6.70. The molecule has 2 N–H and O–H groups in total. The lowest BCUT2D eigenvalue weighted by Crippen LogP contribution is -3.27. The zero-order valence-corrected chi connectivity index (χ0v) is 11.4. The Morgan fingerprint density at radius 1 is 1.06 bits per heavy atom. The second-order valence-electron chi connectivity index (χ2n) is 4.96. The van der Waals surface area contributed by atoms with Gasteiger partial charge in [-0.15, -0.1) is 0 Å². The molecule has 4 heteroatoms. The van der Waals surface area contributed by atoms with Crippen molar-refractivity contribution in [3.05, 3.63) is 24.3 Å². The summed E-state index contributed by atoms with van der Waals surface area (Å²) in [5.41, 5.74) is 0. The predicted molar refractivity (Wildman–Crippen MR) is 70.7 cm³/mol. The van der Waals surface area contributed by atoms with Crippen LogP contribution in [0.25, 0.3) is 0 Å². The summed E-state index contributed by atoms with van der Waals surface area (Å²) in [7, 11) is 3.94. The summed E-state index contributed by atoms with van der Waals surface area (Å²) in [4.78, 5) is 3.29. The average molecular weight is 252 g/mol. The molecule has 0 spiro atoms. The van der Waals surface area contributed by atoms with Gasteiger partial charge in [-0.05, 0) is 12.1 Å². The quantitative estimate of drug-likeness (QED) is 0.666. The first-order valence-corrected chi connectivity index (χ1v) is 6.70. The molecule has 0 bridgehead atoms. The summed E-state index contributed by atoms with van der Waals surface area (Å²) in [6, 6.07) is 7.83. The molecule has 0 saturated carbocycles. The Bertz CT molecular complexity index is 363. The second-order valence-corrected chi connectivity index (χ2v) is 4.96. The van der Waals surface area contributed by atoms with Gasteiger partial charge in [0.1, 0.15) is 39.3 Å². The van der Waals surface area contributed by atoms with Gasteiger partial charge in [-0.3, -0.25) is 0 Å². The van der Waals surface area contributed by atoms with Gasteiger partial charge < -0.3 is 19.3 Å². The molecule has 1 aliphatic rings. The molecule has 1 aromatic carbocycles. The van der Waals surface area contributed by atoms with Crippen molar-refractivity contribution >= 4 is 0 Å². The van der Waals surface area contributed by atoms with Gasteiger partial charge in [0.05, 0.1) is 14.2 Å². The maximum absolute atomic E-state index is 5.80. The fourth-order valence-corrected chi connectivity index (χ4v) is 2.32. The zero-order chi connectivity index (χ0) is 12.8. The van der Waals surface area contributed by atoms with Crippen molar-refractivity contribution in [1.29, 1.82) is 0 Å². The molecule has 0 amide bonds. The number of para-hydroxylation sites is 2. The lowest BCUT2D eigenvalue weighted by atomic mass is 10.3. The van der Waals surface area contributed by atoms with Crippen LogP contribution < -0.4 is 19.3 Å². The number of benzene rings is 1. The Morgan fingerprint density at radius 2 is 1.72 bits per heavy atom. The van der Waals surface area contributed by atoms with Gasteiger partial charge in [0.2, 0.25) is 0 Å². The van der Waals surface area contributed by atoms with Gasteiger partial charge >= 0.3 is 0 Å². The molecule has 0 aromatic heterocycles. The van der Waals surface area contributed by atoms with Gasteiger partial charge in [-0.2, -0.15) is 0 Å². The lowest BCUT2D eigenvalue weighted by Gasteiger charge is -2.27. The Hall–Kier alpha value is -1.26. The van der Waals surface area contributed by atoms with Crippen LogP contribution in [-0.2, 0) is 0 Å². The Morgan fingerprint density at radius 3 is 2.39 bits per heavy atom. The average Bonchev–Trinajstić information content (AvgIpc) is 2.41. The fraction of sp³-hybridized carbons (Fsp3) is 0.571. The maximum atomic E-state index is 5.80. The predicted octanol–water partition coefficient (Wildman–Crippen LogP) is -1.51. The summed E-state index contributed by atoms with van der Waals surface area (Å²) in [6.45, 7) is 6.87. The fourth-order valence-electron chi connectivity index (χ4n) is 2.32. The van der Waals surface area contributed by atoms with Crippen molar-refractivity contribution < 1.29 is 19.3 Å². The van der Waals surface area contributed by atoms with Crippen LogP contribution in [0, 0.1) is 0 Å². The normalized spacial score (nSPS) is 23.7. The molecule has 1 fully saturated rings. The number of methoxy groups -OCH3 is 1. The molecule has 0 atom stereocenters. The minimum absolute atomic E-state index is 0.759. The highest BCUT2D eigenvalue weighted by Gasteiger charge is 2.19. The van der Waals surface area contributed by atoms with Crippen LogP contribution in [0.1, 0.15) is 0 Å². The highest BCUT2D eigenvalue weighted by Crippen LogP contribution is 2.25. The number of hydrogen-bond acceptors (Lipinski definition) is 2. The number of quaternary nitrogens is 2. The summed E-state index contributed by atoms with van der Waals surface area (Å²) >= 11 is 0. The van der Waals surface area contributed by atoms with E-state index in [1.807, 2.05) is 24.3 Å². The smallest absolute Gasteiger partial charge is 0.161 e. The van der Waals surface area contributed by atoms with Crippen molar-refractivity contribution in [3.63, 3.8) is 0 Å². The minimum atomic E-state index is 0.759. The Kier molecular flexibility index (Phi) is 4.84. The van der Waals surface area contributed by atoms with Crippen LogP contribution in [0.15, 0.2) is 24.3 Å². The van der Waals surface area contributed by atoms with Crippen LogP contribution in [0.2, 0.25) is 0 Å². The molecular weight excluding hydrogens is 228 g/mol. The van der Waals surface area contributed by atoms with Gasteiger partial charge in [-0.25, -0.2) is 0 Å². The number of likely N-dealkylation sites (N-methyl/N-ethyl adjacent to an activating group) is 1. The number of nitrogens with one attached hydrogen (secondary N) is 2. The molecule has 1 heterocycles. The second kappa shape index (κ2) is 6.61. The molecule has 100 valence electrons. The van der Waals surface area contributed by atoms with E-state index in [1.54, 1.807) is 16.9 Å². The monoisotopic (exact) mass is 252 g/mol. The van der Waals surface area contributed by atoms with E-state index in [9.17, 15) is 0 Å². The molecule has 18 heavy (non-hydrogen) atoms. The van der Waals surface area contributed by atoms with E-state index in [0.29, 0.717) is 0 Å². The van der Waals surface area contributed by atoms with E-state index in [0.717, 1.165) is 24.7 Å². The van der Waals surface area contributed by atoms with Crippen LogP contribution in [0.4, 0.5) is 0 Å². The first-order chi connectivity index (χ1) is 8.79. The highest BCUT2D eigenvalue weighted by molar-refractivity contribution is 5.39. The number of rotatable bonds is 5. The topological polar surface area (TPSA) is 27.3 Å². The summed E-state index contributed by atoms with van der Waals surface area (Å²) < 4.78 is 11.1. The van der Waals surface area contributed by atoms with Crippen molar-refractivity contribution in [3.8, 4) is 11.5 Å². The van der Waals surface area contributed by atoms with E-state index in [4.69, 9.17) is 9.47 Å². The van der Waals surface area contributed by atoms with E-state index in [1.165, 1.54) is 26.2 Å². The maximum Gasteiger partial charge on any atom is 0.161 e. The first kappa shape index (κ1) is 13.2. The molecule has 4 nitrogen and oxygen atoms in total. The third-order valence-corrected chi connectivity index (χ3v) is 3.59. The summed E-state index contributed by atoms with van der Waals surface area (Å²) in [6.07, 6.45) is 0. The van der Waals surface area contributed by atoms with Crippen LogP contribution in [0.5, 0.6) is 11.5 Å². The Labute approximate surface area is 109 Å². The molecular formula is C14H24N2O2+2. The van der Waals surface area contributed by atoms with Crippen molar-refractivity contribution in [2.24, 2.45) is 0 Å². The Balaban J connectivity index is 1.75. The minimum Gasteiger partial charge on any atom is -0.493 e. The van der Waals surface area contributed by atoms with Crippen molar-refractivity contribution in [1.82, 2.24) is 0 Å². The van der Waals surface area contributed by atoms with Crippen LogP contribution >= 0.6 is 0 Å². The molecule has 1 aliphatic heterocycles. The van der Waals surface area contributed by atoms with Gasteiger partial charge in [-0.1, -0.05) is 12.1 Å². The number of hydrogen-bond donors (Lipinski definition) is 2. The zero-order valence-electron chi connectivity index (χ0n) is 11.4. The summed E-state index contributed by atoms with van der Waals surface area (Å²) in [5, 5.41) is 0. The molecule has 2 rings (SSSR count). The summed E-state index contributed by atoms with van der Waals surface area (Å²) in [5.74, 6) is 1.66. The third kappa shape index (κ3) is 3.62. The highest BCUT2D eigenvalue weighted by atomic mass is 16.5. The van der Waals surface area contributed by atoms with Crippen molar-refractivity contribution in [2.45, 2.75) is 0 Å². The molecule has 0 radical (unpaired) electrons. The molecule has 1 aromatic rings. The van der Waals surface area contributed by atoms with Crippen LogP contribution in [0.3, 0.4) is 0 Å². The third-order valence-electron chi connectivity index (χ3n) is 3.59. The SMILES string of the molecule is COc1ccccc1OCC[NH+]1CC[NH+](C)CC1. The molecule has 1 saturated heterocycles. The van der Waals surface area contributed by atoms with Gasteiger partial charge in [0.15, 0.2) is 11.5 Å². The largest absolute Gasteiger partial charge is 0.493 e. The van der Waals surface area contributed by atoms with E-state index in [2.05, 4.69) is 7.05 Å². The van der Waals surface area contributed by atoms with E-state index >= 15 is 0 Å². The number of piperazine rings is 1. The standard InChI is InChI=1S/C14H22N2O2/c1-15-7-9-16(10-8-15)11-12-18-14-6-4-3-5-13(14)17-2/h3-6H,7-12H2,1-2H3/p+2.